The van der Waals surface area contributed by atoms with Crippen molar-refractivity contribution in [3.05, 3.63) is 60.8 Å². The average molecular weight is 1010 g/mol. The molecule has 0 rings (SSSR count). The van der Waals surface area contributed by atoms with E-state index in [1.165, 1.54) is 193 Å². The molecule has 0 aromatic heterocycles. The Morgan fingerprint density at radius 2 is 0.542 bits per heavy atom. The van der Waals surface area contributed by atoms with Crippen molar-refractivity contribution in [2.75, 3.05) is 13.2 Å². The summed E-state index contributed by atoms with van der Waals surface area (Å²) in [5, 5.41) is 0. The molecule has 0 amide bonds. The molecule has 72 heavy (non-hydrogen) atoms. The lowest BCUT2D eigenvalue weighted by atomic mass is 10.1. The number of carbonyl (C=O) groups is 3. The number of allylic oxidation sites excluding steroid dienone is 10. The first-order valence-corrected chi connectivity index (χ1v) is 31.3. The Hall–Kier alpha value is -2.89. The summed E-state index contributed by atoms with van der Waals surface area (Å²) >= 11 is 0. The summed E-state index contributed by atoms with van der Waals surface area (Å²) < 4.78 is 16.9. The molecular weight excluding hydrogens is 889 g/mol. The summed E-state index contributed by atoms with van der Waals surface area (Å²) in [6, 6.07) is 0. The van der Waals surface area contributed by atoms with E-state index in [2.05, 4.69) is 81.5 Å². The van der Waals surface area contributed by atoms with Crippen LogP contribution in [0.25, 0.3) is 0 Å². The average Bonchev–Trinajstić information content (AvgIpc) is 3.38. The molecule has 1 unspecified atom stereocenters. The summed E-state index contributed by atoms with van der Waals surface area (Å²) in [4.78, 5) is 38.3. The predicted octanol–water partition coefficient (Wildman–Crippen LogP) is 21.2. The number of hydrogen-bond acceptors (Lipinski definition) is 6. The Morgan fingerprint density at radius 1 is 0.292 bits per heavy atom. The Balaban J connectivity index is 4.36. The third kappa shape index (κ3) is 58.0. The fourth-order valence-electron chi connectivity index (χ4n) is 9.04. The van der Waals surface area contributed by atoms with Gasteiger partial charge in [0, 0.05) is 19.3 Å². The largest absolute Gasteiger partial charge is 0.462 e. The summed E-state index contributed by atoms with van der Waals surface area (Å²) in [7, 11) is 0. The summed E-state index contributed by atoms with van der Waals surface area (Å²) in [6.45, 7) is 6.55. The topological polar surface area (TPSA) is 78.9 Å². The molecule has 0 aromatic carbocycles. The van der Waals surface area contributed by atoms with Crippen LogP contribution in [-0.4, -0.2) is 37.2 Å². The lowest BCUT2D eigenvalue weighted by Crippen LogP contribution is -2.30. The molecular formula is C66H118O6. The van der Waals surface area contributed by atoms with E-state index in [0.717, 1.165) is 89.9 Å². The molecule has 0 spiro atoms. The van der Waals surface area contributed by atoms with Crippen molar-refractivity contribution in [3.8, 4) is 0 Å². The zero-order chi connectivity index (χ0) is 52.2. The van der Waals surface area contributed by atoms with Crippen molar-refractivity contribution >= 4 is 17.9 Å². The van der Waals surface area contributed by atoms with Gasteiger partial charge in [0.25, 0.3) is 0 Å². The van der Waals surface area contributed by atoms with E-state index in [1.807, 2.05) is 0 Å². The van der Waals surface area contributed by atoms with Crippen LogP contribution >= 0.6 is 0 Å². The van der Waals surface area contributed by atoms with Gasteiger partial charge < -0.3 is 14.2 Å². The summed E-state index contributed by atoms with van der Waals surface area (Å²) in [5.41, 5.74) is 0. The molecule has 1 atom stereocenters. The number of carbonyl (C=O) groups excluding carboxylic acids is 3. The number of esters is 3. The second-order valence-electron chi connectivity index (χ2n) is 20.9. The molecule has 0 fully saturated rings. The molecule has 0 aliphatic rings. The second-order valence-corrected chi connectivity index (χ2v) is 20.9. The monoisotopic (exact) mass is 1010 g/mol. The first-order valence-electron chi connectivity index (χ1n) is 31.3. The van der Waals surface area contributed by atoms with Gasteiger partial charge in [0.2, 0.25) is 0 Å². The number of unbranched alkanes of at least 4 members (excludes halogenated alkanes) is 36. The number of rotatable bonds is 57. The molecule has 0 heterocycles. The summed E-state index contributed by atoms with van der Waals surface area (Å²) in [5.74, 6) is -0.885. The first-order chi connectivity index (χ1) is 35.5. The van der Waals surface area contributed by atoms with Crippen molar-refractivity contribution in [1.82, 2.24) is 0 Å². The van der Waals surface area contributed by atoms with Gasteiger partial charge in [-0.3, -0.25) is 14.4 Å². The fourth-order valence-corrected chi connectivity index (χ4v) is 9.04. The van der Waals surface area contributed by atoms with E-state index in [-0.39, 0.29) is 31.1 Å². The van der Waals surface area contributed by atoms with E-state index in [4.69, 9.17) is 14.2 Å². The molecule has 418 valence electrons. The molecule has 0 saturated carbocycles. The Morgan fingerprint density at radius 3 is 0.861 bits per heavy atom. The van der Waals surface area contributed by atoms with Crippen LogP contribution in [0, 0.1) is 0 Å². The SMILES string of the molecule is CC/C=C\C/C=C\C/C=C\CCCCCCCCCC(=O)OC(COC(=O)CCCCCCC/C=C\CCCCCCCCC)COC(=O)CCCCCCCCCCC/C=C\CCCCCCCCCC. The number of ether oxygens (including phenoxy) is 3. The lowest BCUT2D eigenvalue weighted by molar-refractivity contribution is -0.167. The van der Waals surface area contributed by atoms with Crippen LogP contribution in [0.5, 0.6) is 0 Å². The van der Waals surface area contributed by atoms with Gasteiger partial charge in [0.05, 0.1) is 0 Å². The van der Waals surface area contributed by atoms with Gasteiger partial charge in [-0.2, -0.15) is 0 Å². The molecule has 0 N–H and O–H groups in total. The second kappa shape index (κ2) is 60.7. The van der Waals surface area contributed by atoms with E-state index in [0.29, 0.717) is 19.3 Å². The van der Waals surface area contributed by atoms with Gasteiger partial charge >= 0.3 is 17.9 Å². The van der Waals surface area contributed by atoms with Gasteiger partial charge in [0.15, 0.2) is 6.10 Å². The van der Waals surface area contributed by atoms with Gasteiger partial charge in [-0.05, 0) is 103 Å². The van der Waals surface area contributed by atoms with Crippen molar-refractivity contribution < 1.29 is 28.6 Å². The Bertz CT molecular complexity index is 1290. The zero-order valence-corrected chi connectivity index (χ0v) is 47.9. The van der Waals surface area contributed by atoms with Crippen molar-refractivity contribution in [2.24, 2.45) is 0 Å². The third-order valence-corrected chi connectivity index (χ3v) is 13.7. The van der Waals surface area contributed by atoms with Gasteiger partial charge in [0.1, 0.15) is 13.2 Å². The fraction of sp³-hybridized carbons (Fsp3) is 0.803. The van der Waals surface area contributed by atoms with E-state index in [9.17, 15) is 14.4 Å². The molecule has 6 nitrogen and oxygen atoms in total. The van der Waals surface area contributed by atoms with Crippen LogP contribution in [0.15, 0.2) is 60.8 Å². The van der Waals surface area contributed by atoms with Gasteiger partial charge in [-0.15, -0.1) is 0 Å². The molecule has 0 aliphatic carbocycles. The third-order valence-electron chi connectivity index (χ3n) is 13.7. The molecule has 0 saturated heterocycles. The minimum atomic E-state index is -0.784. The van der Waals surface area contributed by atoms with Gasteiger partial charge in [-0.1, -0.05) is 261 Å². The van der Waals surface area contributed by atoms with Crippen LogP contribution < -0.4 is 0 Å². The van der Waals surface area contributed by atoms with E-state index in [1.54, 1.807) is 0 Å². The molecule has 0 aliphatic heterocycles. The smallest absolute Gasteiger partial charge is 0.306 e. The highest BCUT2D eigenvalue weighted by Gasteiger charge is 2.19. The van der Waals surface area contributed by atoms with E-state index < -0.39 is 6.10 Å². The van der Waals surface area contributed by atoms with Crippen LogP contribution in [0.2, 0.25) is 0 Å². The Labute approximate surface area is 447 Å². The molecule has 6 heteroatoms. The van der Waals surface area contributed by atoms with Crippen LogP contribution in [0.1, 0.15) is 323 Å². The zero-order valence-electron chi connectivity index (χ0n) is 47.9. The van der Waals surface area contributed by atoms with Crippen molar-refractivity contribution in [1.29, 1.82) is 0 Å². The highest BCUT2D eigenvalue weighted by molar-refractivity contribution is 5.71. The maximum Gasteiger partial charge on any atom is 0.306 e. The lowest BCUT2D eigenvalue weighted by Gasteiger charge is -2.18. The standard InChI is InChI=1S/C66H118O6/c1-4-7-10-13-16-19-22-25-28-31-32-33-34-36-38-41-44-47-50-53-56-59-65(68)71-62-63(61-70-64(67)58-55-52-49-46-43-40-37-30-27-24-21-18-15-12-9-6-3)72-66(69)60-57-54-51-48-45-42-39-35-29-26-23-20-17-14-11-8-5-2/h8,11,17,20,26,29-32,37,63H,4-7,9-10,12-16,18-19,21-25,27-28,33-36,38-62H2,1-3H3/b11-8-,20-17-,29-26-,32-31-,37-30-. The maximum absolute atomic E-state index is 12.9. The quantitative estimate of drug-likeness (QED) is 0.0261. The first kappa shape index (κ1) is 69.1. The van der Waals surface area contributed by atoms with Crippen molar-refractivity contribution in [2.45, 2.75) is 329 Å². The maximum atomic E-state index is 12.9. The van der Waals surface area contributed by atoms with Crippen LogP contribution in [0.3, 0.4) is 0 Å². The number of hydrogen-bond donors (Lipinski definition) is 0. The Kier molecular flexibility index (Phi) is 58.2. The molecule has 0 radical (unpaired) electrons. The van der Waals surface area contributed by atoms with E-state index >= 15 is 0 Å². The van der Waals surface area contributed by atoms with Crippen LogP contribution in [0.4, 0.5) is 0 Å². The van der Waals surface area contributed by atoms with Gasteiger partial charge in [-0.25, -0.2) is 0 Å². The predicted molar refractivity (Wildman–Crippen MR) is 312 cm³/mol. The van der Waals surface area contributed by atoms with Crippen molar-refractivity contribution in [3.63, 3.8) is 0 Å². The highest BCUT2D eigenvalue weighted by atomic mass is 16.6. The van der Waals surface area contributed by atoms with Crippen LogP contribution in [-0.2, 0) is 28.6 Å². The highest BCUT2D eigenvalue weighted by Crippen LogP contribution is 2.16. The molecule has 0 aromatic rings. The molecule has 0 bridgehead atoms. The normalized spacial score (nSPS) is 12.4. The summed E-state index contributed by atoms with van der Waals surface area (Å²) in [6.07, 6.45) is 76.5. The minimum absolute atomic E-state index is 0.0804. The minimum Gasteiger partial charge on any atom is -0.462 e.